The third-order valence-electron chi connectivity index (χ3n) is 5.34. The van der Waals surface area contributed by atoms with E-state index in [0.717, 1.165) is 26.7 Å². The third kappa shape index (κ3) is 4.20. The van der Waals surface area contributed by atoms with Gasteiger partial charge in [-0.1, -0.05) is 76.6 Å². The van der Waals surface area contributed by atoms with E-state index in [2.05, 4.69) is 40.7 Å². The molecule has 0 saturated carbocycles. The first kappa shape index (κ1) is 24.6. The summed E-state index contributed by atoms with van der Waals surface area (Å²) in [5.41, 5.74) is 3.21. The van der Waals surface area contributed by atoms with E-state index in [4.69, 9.17) is 0 Å². The van der Waals surface area contributed by atoms with Gasteiger partial charge in [0.1, 0.15) is 0 Å². The maximum absolute atomic E-state index is 12.2. The summed E-state index contributed by atoms with van der Waals surface area (Å²) in [4.78, 5) is 1.64. The average molecular weight is 569 g/mol. The zero-order valence-electron chi connectivity index (χ0n) is 17.5. The van der Waals surface area contributed by atoms with Crippen molar-refractivity contribution in [2.75, 3.05) is 0 Å². The van der Waals surface area contributed by atoms with E-state index < -0.39 is 19.7 Å². The Labute approximate surface area is 213 Å². The van der Waals surface area contributed by atoms with E-state index in [9.17, 15) is 16.8 Å². The van der Waals surface area contributed by atoms with Crippen LogP contribution in [0.25, 0.3) is 22.3 Å². The number of thiol groups is 1. The molecule has 2 aliphatic rings. The fraction of sp³-hybridized carbons (Fsp3) is 0. The molecular formula is C24H16BBrNO4S3. The topological polar surface area (TPSA) is 80.6 Å². The van der Waals surface area contributed by atoms with Crippen LogP contribution in [0, 0.1) is 0 Å². The number of fused-ring (bicyclic) bond motifs is 6. The van der Waals surface area contributed by atoms with Crippen molar-refractivity contribution in [2.24, 2.45) is 4.30 Å². The van der Waals surface area contributed by atoms with Crippen molar-refractivity contribution >= 4 is 56.1 Å². The summed E-state index contributed by atoms with van der Waals surface area (Å²) in [7, 11) is -2.25. The number of hydrogen-bond acceptors (Lipinski definition) is 6. The number of rotatable bonds is 0. The van der Waals surface area contributed by atoms with Gasteiger partial charge in [-0.3, -0.25) is 0 Å². The molecular weight excluding hydrogens is 553 g/mol. The van der Waals surface area contributed by atoms with Crippen LogP contribution in [0.1, 0.15) is 0 Å². The molecule has 0 aliphatic carbocycles. The summed E-state index contributed by atoms with van der Waals surface area (Å²) in [6, 6.07) is 26.7. The van der Waals surface area contributed by atoms with Gasteiger partial charge in [-0.2, -0.15) is 0 Å². The van der Waals surface area contributed by atoms with Gasteiger partial charge in [-0.05, 0) is 30.3 Å². The SMILES string of the molecule is O=S1(=O)c2ccccc2-c2ccc(Br)cc21.O=S1(=O)c2ccccc2-c2ccccc21.[B]=NS. The zero-order chi connectivity index (χ0) is 24.5. The van der Waals surface area contributed by atoms with Gasteiger partial charge in [-0.25, -0.2) is 16.8 Å². The summed E-state index contributed by atoms with van der Waals surface area (Å²) in [5, 5.41) is 0. The van der Waals surface area contributed by atoms with Crippen molar-refractivity contribution in [3.63, 3.8) is 0 Å². The fourth-order valence-corrected chi connectivity index (χ4v) is 7.86. The molecule has 0 spiro atoms. The Hall–Kier alpha value is -2.53. The summed E-state index contributed by atoms with van der Waals surface area (Å²) >= 11 is 6.49. The van der Waals surface area contributed by atoms with Crippen molar-refractivity contribution in [2.45, 2.75) is 19.6 Å². The maximum atomic E-state index is 12.2. The van der Waals surface area contributed by atoms with E-state index in [1.54, 1.807) is 42.5 Å². The van der Waals surface area contributed by atoms with Gasteiger partial charge in [-0.15, -0.1) is 0 Å². The Morgan fingerprint density at radius 1 is 0.588 bits per heavy atom. The standard InChI is InChI=1S/C12H7BrO2S.C12H8O2S.BHNS/c13-8-5-6-10-9-3-1-2-4-11(9)16(14,15)12(10)7-8;13-15(14)11-7-3-1-5-9(11)10-6-2-4-8-12(10)15;1-2-3/h1-7H;1-8H;3H. The van der Waals surface area contributed by atoms with Gasteiger partial charge in [0.05, 0.1) is 19.6 Å². The van der Waals surface area contributed by atoms with E-state index in [-0.39, 0.29) is 0 Å². The number of nitrogens with zero attached hydrogens (tertiary/aromatic N) is 1. The first-order chi connectivity index (χ1) is 16.2. The van der Waals surface area contributed by atoms with Gasteiger partial charge < -0.3 is 0 Å². The van der Waals surface area contributed by atoms with E-state index in [1.807, 2.05) is 48.5 Å². The summed E-state index contributed by atoms with van der Waals surface area (Å²) in [5.74, 6) is 0. The van der Waals surface area contributed by atoms with Crippen LogP contribution in [0.4, 0.5) is 0 Å². The van der Waals surface area contributed by atoms with Crippen LogP contribution in [0.2, 0.25) is 0 Å². The van der Waals surface area contributed by atoms with Crippen molar-refractivity contribution in [1.82, 2.24) is 0 Å². The van der Waals surface area contributed by atoms with Gasteiger partial charge in [0.15, 0.2) is 0 Å². The van der Waals surface area contributed by atoms with Gasteiger partial charge in [0.2, 0.25) is 19.7 Å². The predicted molar refractivity (Wildman–Crippen MR) is 140 cm³/mol. The van der Waals surface area contributed by atoms with Crippen LogP contribution >= 0.6 is 28.7 Å². The van der Waals surface area contributed by atoms with Crippen molar-refractivity contribution in [3.05, 3.63) is 95.5 Å². The molecule has 6 rings (SSSR count). The minimum absolute atomic E-state index is 0.392. The number of hydrogen-bond donors (Lipinski definition) is 1. The van der Waals surface area contributed by atoms with Crippen LogP contribution in [-0.4, -0.2) is 24.5 Å². The first-order valence-electron chi connectivity index (χ1n) is 9.85. The second-order valence-electron chi connectivity index (χ2n) is 7.25. The summed E-state index contributed by atoms with van der Waals surface area (Å²) in [6.45, 7) is 0. The molecule has 1 radical (unpaired) electrons. The van der Waals surface area contributed by atoms with E-state index in [0.29, 0.717) is 19.6 Å². The molecule has 0 aromatic heterocycles. The number of benzene rings is 4. The molecule has 2 aliphatic heterocycles. The second kappa shape index (κ2) is 9.61. The molecule has 34 heavy (non-hydrogen) atoms. The molecule has 4 aromatic carbocycles. The Morgan fingerprint density at radius 2 is 0.912 bits per heavy atom. The zero-order valence-corrected chi connectivity index (χ0v) is 21.6. The van der Waals surface area contributed by atoms with Crippen molar-refractivity contribution in [3.8, 4) is 22.3 Å². The van der Waals surface area contributed by atoms with Gasteiger partial charge in [0, 0.05) is 26.7 Å². The van der Waals surface area contributed by atoms with Crippen LogP contribution < -0.4 is 0 Å². The van der Waals surface area contributed by atoms with E-state index >= 15 is 0 Å². The summed E-state index contributed by atoms with van der Waals surface area (Å²) in [6.07, 6.45) is 0. The van der Waals surface area contributed by atoms with Crippen LogP contribution in [-0.2, 0) is 19.7 Å². The fourth-order valence-electron chi connectivity index (χ4n) is 3.95. The molecule has 5 nitrogen and oxygen atoms in total. The van der Waals surface area contributed by atoms with Crippen molar-refractivity contribution < 1.29 is 16.8 Å². The summed E-state index contributed by atoms with van der Waals surface area (Å²) < 4.78 is 52.0. The normalized spacial score (nSPS) is 14.6. The minimum atomic E-state index is -3.32. The Bertz CT molecular complexity index is 1590. The van der Waals surface area contributed by atoms with Gasteiger partial charge in [0.25, 0.3) is 0 Å². The van der Waals surface area contributed by atoms with Crippen LogP contribution in [0.5, 0.6) is 0 Å². The molecule has 0 fully saturated rings. The quantitative estimate of drug-likeness (QED) is 0.181. The molecule has 0 atom stereocenters. The molecule has 169 valence electrons. The average Bonchev–Trinajstić information content (AvgIpc) is 3.21. The molecule has 0 saturated heterocycles. The molecule has 0 amide bonds. The molecule has 2 heterocycles. The second-order valence-corrected chi connectivity index (χ2v) is 12.2. The van der Waals surface area contributed by atoms with Gasteiger partial charge >= 0.3 is 24.8 Å². The molecule has 0 bridgehead atoms. The monoisotopic (exact) mass is 568 g/mol. The van der Waals surface area contributed by atoms with E-state index in [1.165, 1.54) is 0 Å². The molecule has 0 N–H and O–H groups in total. The predicted octanol–water partition coefficient (Wildman–Crippen LogP) is 5.95. The number of halogens is 1. The first-order valence-corrected chi connectivity index (χ1v) is 14.0. The molecule has 10 heteroatoms. The Morgan fingerprint density at radius 3 is 1.32 bits per heavy atom. The van der Waals surface area contributed by atoms with Crippen LogP contribution in [0.15, 0.2) is 119 Å². The van der Waals surface area contributed by atoms with Crippen molar-refractivity contribution in [1.29, 1.82) is 0 Å². The Kier molecular flexibility index (Phi) is 6.96. The molecule has 0 unspecified atom stereocenters. The van der Waals surface area contributed by atoms with Crippen LogP contribution in [0.3, 0.4) is 0 Å². The number of sulfone groups is 2. The molecule has 4 aromatic rings. The third-order valence-corrected chi connectivity index (χ3v) is 9.56. The Balaban J connectivity index is 0.000000145.